The average Bonchev–Trinajstić information content (AvgIpc) is 2.81. The van der Waals surface area contributed by atoms with Crippen LogP contribution in [0, 0.1) is 6.92 Å². The number of nitrogens with one attached hydrogen (secondary N) is 1. The van der Waals surface area contributed by atoms with Gasteiger partial charge >= 0.3 is 0 Å². The van der Waals surface area contributed by atoms with Gasteiger partial charge in [-0.15, -0.1) is 0 Å². The average molecular weight is 220 g/mol. The molecule has 1 N–H and O–H groups in total. The smallest absolute Gasteiger partial charge is 0.225 e. The number of nitrogens with zero attached hydrogens (tertiary/aromatic N) is 3. The summed E-state index contributed by atoms with van der Waals surface area (Å²) in [6.45, 7) is 5.27. The third-order valence-electron chi connectivity index (χ3n) is 3.10. The van der Waals surface area contributed by atoms with Gasteiger partial charge in [0.15, 0.2) is 0 Å². The first-order chi connectivity index (χ1) is 7.81. The molecule has 0 spiro atoms. The van der Waals surface area contributed by atoms with Gasteiger partial charge in [0.05, 0.1) is 0 Å². The van der Waals surface area contributed by atoms with Crippen LogP contribution in [-0.4, -0.2) is 36.6 Å². The Labute approximate surface area is 97.1 Å². The molecule has 1 aliphatic heterocycles. The Bertz CT molecular complexity index is 345. The first kappa shape index (κ1) is 11.3. The summed E-state index contributed by atoms with van der Waals surface area (Å²) in [6, 6.07) is 0. The number of aromatic nitrogens is 2. The van der Waals surface area contributed by atoms with Crippen molar-refractivity contribution >= 4 is 5.95 Å². The van der Waals surface area contributed by atoms with Crippen molar-refractivity contribution in [3.05, 3.63) is 17.5 Å². The standard InChI is InChI=1S/C12H20N4/c1-10-11(5-6-13-2)9-14-12(15-10)16-7-3-4-8-16/h9,13H,3-8H2,1-2H3. The van der Waals surface area contributed by atoms with Crippen LogP contribution in [0.1, 0.15) is 24.1 Å². The molecule has 0 atom stereocenters. The monoisotopic (exact) mass is 220 g/mol. The lowest BCUT2D eigenvalue weighted by Crippen LogP contribution is -2.21. The maximum atomic E-state index is 4.60. The molecule has 2 rings (SSSR count). The van der Waals surface area contributed by atoms with E-state index in [0.717, 1.165) is 37.7 Å². The number of hydrogen-bond acceptors (Lipinski definition) is 4. The van der Waals surface area contributed by atoms with Gasteiger partial charge in [-0.05, 0) is 45.3 Å². The summed E-state index contributed by atoms with van der Waals surface area (Å²) >= 11 is 0. The molecule has 1 fully saturated rings. The minimum absolute atomic E-state index is 0.906. The van der Waals surface area contributed by atoms with Crippen molar-refractivity contribution in [3.63, 3.8) is 0 Å². The zero-order chi connectivity index (χ0) is 11.4. The number of anilines is 1. The fraction of sp³-hybridized carbons (Fsp3) is 0.667. The van der Waals surface area contributed by atoms with Gasteiger partial charge in [0.2, 0.25) is 5.95 Å². The van der Waals surface area contributed by atoms with Gasteiger partial charge in [0.1, 0.15) is 0 Å². The van der Waals surface area contributed by atoms with Crippen molar-refractivity contribution in [1.29, 1.82) is 0 Å². The summed E-state index contributed by atoms with van der Waals surface area (Å²) < 4.78 is 0. The molecule has 1 saturated heterocycles. The van der Waals surface area contributed by atoms with Gasteiger partial charge in [-0.1, -0.05) is 0 Å². The Morgan fingerprint density at radius 2 is 2.12 bits per heavy atom. The van der Waals surface area contributed by atoms with Crippen LogP contribution in [-0.2, 0) is 6.42 Å². The van der Waals surface area contributed by atoms with E-state index in [1.165, 1.54) is 18.4 Å². The normalized spacial score (nSPS) is 15.8. The molecular weight excluding hydrogens is 200 g/mol. The van der Waals surface area contributed by atoms with E-state index in [-0.39, 0.29) is 0 Å². The predicted molar refractivity (Wildman–Crippen MR) is 65.8 cm³/mol. The molecule has 0 radical (unpaired) electrons. The predicted octanol–water partition coefficient (Wildman–Crippen LogP) is 1.15. The number of hydrogen-bond donors (Lipinski definition) is 1. The van der Waals surface area contributed by atoms with Crippen LogP contribution in [0.15, 0.2) is 6.20 Å². The van der Waals surface area contributed by atoms with Crippen molar-refractivity contribution in [2.75, 3.05) is 31.6 Å². The van der Waals surface area contributed by atoms with Crippen LogP contribution in [0.25, 0.3) is 0 Å². The minimum Gasteiger partial charge on any atom is -0.341 e. The van der Waals surface area contributed by atoms with Gasteiger partial charge in [0, 0.05) is 25.0 Å². The second-order valence-corrected chi connectivity index (χ2v) is 4.33. The summed E-state index contributed by atoms with van der Waals surface area (Å²) in [7, 11) is 1.97. The largest absolute Gasteiger partial charge is 0.341 e. The summed E-state index contributed by atoms with van der Waals surface area (Å²) in [4.78, 5) is 11.3. The third kappa shape index (κ3) is 2.50. The Morgan fingerprint density at radius 1 is 1.38 bits per heavy atom. The van der Waals surface area contributed by atoms with Crippen molar-refractivity contribution in [1.82, 2.24) is 15.3 Å². The molecule has 4 heteroatoms. The topological polar surface area (TPSA) is 41.1 Å². The molecule has 4 nitrogen and oxygen atoms in total. The zero-order valence-corrected chi connectivity index (χ0v) is 10.2. The second kappa shape index (κ2) is 5.25. The first-order valence-corrected chi connectivity index (χ1v) is 6.03. The molecular formula is C12H20N4. The van der Waals surface area contributed by atoms with E-state index in [1.54, 1.807) is 0 Å². The van der Waals surface area contributed by atoms with Gasteiger partial charge in [-0.3, -0.25) is 0 Å². The maximum absolute atomic E-state index is 4.60. The van der Waals surface area contributed by atoms with Gasteiger partial charge in [-0.2, -0.15) is 0 Å². The van der Waals surface area contributed by atoms with E-state index in [4.69, 9.17) is 0 Å². The van der Waals surface area contributed by atoms with Crippen LogP contribution >= 0.6 is 0 Å². The molecule has 0 amide bonds. The number of likely N-dealkylation sites (N-methyl/N-ethyl adjacent to an activating group) is 1. The van der Waals surface area contributed by atoms with E-state index >= 15 is 0 Å². The first-order valence-electron chi connectivity index (χ1n) is 6.03. The van der Waals surface area contributed by atoms with Crippen LogP contribution in [0.5, 0.6) is 0 Å². The summed E-state index contributed by atoms with van der Waals surface area (Å²) in [6.07, 6.45) is 5.52. The summed E-state index contributed by atoms with van der Waals surface area (Å²) in [5.41, 5.74) is 2.37. The fourth-order valence-corrected chi connectivity index (χ4v) is 2.05. The van der Waals surface area contributed by atoms with Gasteiger partial charge in [0.25, 0.3) is 0 Å². The molecule has 16 heavy (non-hydrogen) atoms. The van der Waals surface area contributed by atoms with E-state index in [2.05, 4.69) is 27.1 Å². The van der Waals surface area contributed by atoms with E-state index in [0.29, 0.717) is 0 Å². The Kier molecular flexibility index (Phi) is 3.72. The zero-order valence-electron chi connectivity index (χ0n) is 10.2. The highest BCUT2D eigenvalue weighted by atomic mass is 15.3. The van der Waals surface area contributed by atoms with Gasteiger partial charge < -0.3 is 10.2 Å². The van der Waals surface area contributed by atoms with Crippen LogP contribution in [0.2, 0.25) is 0 Å². The lowest BCUT2D eigenvalue weighted by molar-refractivity contribution is 0.776. The third-order valence-corrected chi connectivity index (χ3v) is 3.10. The molecule has 0 saturated carbocycles. The van der Waals surface area contributed by atoms with Crippen LogP contribution < -0.4 is 10.2 Å². The molecule has 1 aromatic heterocycles. The molecule has 1 aliphatic rings. The quantitative estimate of drug-likeness (QED) is 0.826. The lowest BCUT2D eigenvalue weighted by Gasteiger charge is -2.16. The van der Waals surface area contributed by atoms with Crippen LogP contribution in [0.3, 0.4) is 0 Å². The van der Waals surface area contributed by atoms with Gasteiger partial charge in [-0.25, -0.2) is 9.97 Å². The van der Waals surface area contributed by atoms with Crippen molar-refractivity contribution in [2.45, 2.75) is 26.2 Å². The summed E-state index contributed by atoms with van der Waals surface area (Å²) in [5, 5.41) is 3.15. The molecule has 0 unspecified atom stereocenters. The van der Waals surface area contributed by atoms with Crippen molar-refractivity contribution in [2.24, 2.45) is 0 Å². The van der Waals surface area contributed by atoms with E-state index in [9.17, 15) is 0 Å². The molecule has 88 valence electrons. The van der Waals surface area contributed by atoms with Crippen LogP contribution in [0.4, 0.5) is 5.95 Å². The number of rotatable bonds is 4. The van der Waals surface area contributed by atoms with E-state index < -0.39 is 0 Å². The van der Waals surface area contributed by atoms with Crippen molar-refractivity contribution in [3.8, 4) is 0 Å². The Balaban J connectivity index is 2.09. The molecule has 0 bridgehead atoms. The SMILES string of the molecule is CNCCc1cnc(N2CCCC2)nc1C. The lowest BCUT2D eigenvalue weighted by atomic mass is 10.2. The molecule has 2 heterocycles. The van der Waals surface area contributed by atoms with E-state index in [1.807, 2.05) is 13.2 Å². The minimum atomic E-state index is 0.906. The fourth-order valence-electron chi connectivity index (χ4n) is 2.05. The highest BCUT2D eigenvalue weighted by Gasteiger charge is 2.15. The molecule has 0 aromatic carbocycles. The molecule has 0 aliphatic carbocycles. The van der Waals surface area contributed by atoms with Crippen molar-refractivity contribution < 1.29 is 0 Å². The Morgan fingerprint density at radius 3 is 2.75 bits per heavy atom. The number of aryl methyl sites for hydroxylation is 1. The maximum Gasteiger partial charge on any atom is 0.225 e. The molecule has 1 aromatic rings. The Hall–Kier alpha value is -1.16. The highest BCUT2D eigenvalue weighted by molar-refractivity contribution is 5.33. The second-order valence-electron chi connectivity index (χ2n) is 4.33. The highest BCUT2D eigenvalue weighted by Crippen LogP contribution is 2.16. The summed E-state index contributed by atoms with van der Waals surface area (Å²) in [5.74, 6) is 0.906.